The van der Waals surface area contributed by atoms with Crippen molar-refractivity contribution in [2.75, 3.05) is 25.0 Å². The molecule has 0 aliphatic carbocycles. The Morgan fingerprint density at radius 1 is 1.00 bits per heavy atom. The number of anilines is 1. The number of nitrogens with one attached hydrogen (secondary N) is 4. The zero-order chi connectivity index (χ0) is 28.3. The Labute approximate surface area is 239 Å². The summed E-state index contributed by atoms with van der Waals surface area (Å²) in [6.45, 7) is 4.86. The number of carbonyl (C=O) groups excluding carboxylic acids is 2. The van der Waals surface area contributed by atoms with Gasteiger partial charge in [0.15, 0.2) is 0 Å². The SMILES string of the molecule is C[C@H](c1c[nH]c2ccccc12)[C@@H](NC(=O)N1CCC(c2ccc(F)cc2)CC1)C(=O)Nc1ccc2c(c1)CNCC2. The van der Waals surface area contributed by atoms with E-state index in [1.807, 2.05) is 61.7 Å². The molecule has 8 heteroatoms. The van der Waals surface area contributed by atoms with E-state index >= 15 is 0 Å². The molecule has 0 saturated carbocycles. The minimum atomic E-state index is -0.786. The first-order chi connectivity index (χ1) is 20.0. The van der Waals surface area contributed by atoms with Gasteiger partial charge in [0, 0.05) is 48.3 Å². The number of hydrogen-bond donors (Lipinski definition) is 4. The number of halogens is 1. The number of hydrogen-bond acceptors (Lipinski definition) is 3. The summed E-state index contributed by atoms with van der Waals surface area (Å²) < 4.78 is 13.4. The van der Waals surface area contributed by atoms with Crippen molar-refractivity contribution < 1.29 is 14.0 Å². The Bertz CT molecular complexity index is 1540. The number of amides is 3. The molecule has 1 fully saturated rings. The van der Waals surface area contributed by atoms with Crippen LogP contribution in [0.15, 0.2) is 72.9 Å². The van der Waals surface area contributed by atoms with E-state index in [-0.39, 0.29) is 29.6 Å². The fourth-order valence-electron chi connectivity index (χ4n) is 6.22. The van der Waals surface area contributed by atoms with Crippen molar-refractivity contribution in [3.05, 3.63) is 101 Å². The average molecular weight is 554 g/mol. The van der Waals surface area contributed by atoms with E-state index in [9.17, 15) is 14.0 Å². The number of fused-ring (bicyclic) bond motifs is 2. The van der Waals surface area contributed by atoms with Gasteiger partial charge in [0.1, 0.15) is 11.9 Å². The molecule has 3 aromatic carbocycles. The van der Waals surface area contributed by atoms with Gasteiger partial charge in [0.05, 0.1) is 0 Å². The molecule has 0 bridgehead atoms. The third-order valence-electron chi connectivity index (χ3n) is 8.66. The summed E-state index contributed by atoms with van der Waals surface area (Å²) in [6, 6.07) is 19.6. The summed E-state index contributed by atoms with van der Waals surface area (Å²) in [7, 11) is 0. The van der Waals surface area contributed by atoms with Crippen LogP contribution in [0.1, 0.15) is 53.9 Å². The molecule has 2 atom stereocenters. The summed E-state index contributed by atoms with van der Waals surface area (Å²) in [4.78, 5) is 32.5. The Morgan fingerprint density at radius 2 is 1.78 bits per heavy atom. The molecule has 4 N–H and O–H groups in total. The van der Waals surface area contributed by atoms with Crippen molar-refractivity contribution in [1.29, 1.82) is 0 Å². The minimum Gasteiger partial charge on any atom is -0.361 e. The van der Waals surface area contributed by atoms with Crippen LogP contribution in [-0.2, 0) is 17.8 Å². The highest BCUT2D eigenvalue weighted by Crippen LogP contribution is 2.31. The normalized spacial score (nSPS) is 17.1. The van der Waals surface area contributed by atoms with Gasteiger partial charge >= 0.3 is 6.03 Å². The molecule has 1 saturated heterocycles. The van der Waals surface area contributed by atoms with Crippen LogP contribution in [0.25, 0.3) is 10.9 Å². The van der Waals surface area contributed by atoms with Gasteiger partial charge in [-0.2, -0.15) is 0 Å². The first kappa shape index (κ1) is 27.0. The standard InChI is InChI=1S/C33H36FN5O2/c1-21(29-20-36-30-5-3-2-4-28(29)30)31(32(40)37-27-11-8-23-12-15-35-19-25(23)18-27)38-33(41)39-16-13-24(14-17-39)22-6-9-26(34)10-7-22/h2-11,18,20-21,24,31,35-36H,12-17,19H2,1H3,(H,37,40)(H,38,41)/t21-,31-/m1/s1. The molecule has 212 valence electrons. The van der Waals surface area contributed by atoms with Crippen LogP contribution in [-0.4, -0.2) is 47.5 Å². The molecule has 0 spiro atoms. The molecular weight excluding hydrogens is 517 g/mol. The first-order valence-corrected chi connectivity index (χ1v) is 14.5. The Hall–Kier alpha value is -4.17. The van der Waals surface area contributed by atoms with Crippen molar-refractivity contribution >= 4 is 28.5 Å². The van der Waals surface area contributed by atoms with E-state index in [4.69, 9.17) is 0 Å². The number of nitrogens with zero attached hydrogens (tertiary/aromatic N) is 1. The molecular formula is C33H36FN5O2. The van der Waals surface area contributed by atoms with Crippen LogP contribution in [0.3, 0.4) is 0 Å². The summed E-state index contributed by atoms with van der Waals surface area (Å²) in [5.74, 6) is -0.499. The van der Waals surface area contributed by atoms with Crippen molar-refractivity contribution in [2.24, 2.45) is 0 Å². The van der Waals surface area contributed by atoms with Crippen LogP contribution in [0.4, 0.5) is 14.9 Å². The Balaban J connectivity index is 1.20. The molecule has 3 amide bonds. The van der Waals surface area contributed by atoms with Gasteiger partial charge < -0.3 is 25.8 Å². The number of aromatic amines is 1. The molecule has 0 unspecified atom stereocenters. The van der Waals surface area contributed by atoms with E-state index in [2.05, 4.69) is 27.0 Å². The topological polar surface area (TPSA) is 89.3 Å². The zero-order valence-electron chi connectivity index (χ0n) is 23.3. The summed E-state index contributed by atoms with van der Waals surface area (Å²) in [5.41, 5.74) is 6.27. The molecule has 4 aromatic rings. The van der Waals surface area contributed by atoms with E-state index in [1.165, 1.54) is 23.3 Å². The van der Waals surface area contributed by atoms with Crippen LogP contribution in [0, 0.1) is 5.82 Å². The lowest BCUT2D eigenvalue weighted by molar-refractivity contribution is -0.118. The van der Waals surface area contributed by atoms with Gasteiger partial charge in [0.25, 0.3) is 0 Å². The number of benzene rings is 3. The largest absolute Gasteiger partial charge is 0.361 e. The van der Waals surface area contributed by atoms with E-state index in [0.29, 0.717) is 13.1 Å². The molecule has 7 nitrogen and oxygen atoms in total. The molecule has 6 rings (SSSR count). The van der Waals surface area contributed by atoms with Gasteiger partial charge in [-0.05, 0) is 84.3 Å². The Kier molecular flexibility index (Phi) is 7.74. The number of urea groups is 1. The summed E-state index contributed by atoms with van der Waals surface area (Å²) in [5, 5.41) is 10.6. The number of aromatic nitrogens is 1. The van der Waals surface area contributed by atoms with E-state index in [0.717, 1.165) is 60.1 Å². The van der Waals surface area contributed by atoms with Crippen LogP contribution in [0.2, 0.25) is 0 Å². The lowest BCUT2D eigenvalue weighted by Crippen LogP contribution is -2.53. The van der Waals surface area contributed by atoms with E-state index < -0.39 is 6.04 Å². The summed E-state index contributed by atoms with van der Waals surface area (Å²) >= 11 is 0. The van der Waals surface area contributed by atoms with Gasteiger partial charge in [-0.25, -0.2) is 9.18 Å². The highest BCUT2D eigenvalue weighted by atomic mass is 19.1. The summed E-state index contributed by atoms with van der Waals surface area (Å²) in [6.07, 6.45) is 4.48. The lowest BCUT2D eigenvalue weighted by Gasteiger charge is -2.34. The van der Waals surface area contributed by atoms with Crippen molar-refractivity contribution in [3.63, 3.8) is 0 Å². The van der Waals surface area contributed by atoms with Gasteiger partial charge in [0.2, 0.25) is 5.91 Å². The van der Waals surface area contributed by atoms with Gasteiger partial charge in [-0.15, -0.1) is 0 Å². The smallest absolute Gasteiger partial charge is 0.318 e. The van der Waals surface area contributed by atoms with Crippen LogP contribution in [0.5, 0.6) is 0 Å². The lowest BCUT2D eigenvalue weighted by atomic mass is 9.89. The molecule has 2 aliphatic heterocycles. The van der Waals surface area contributed by atoms with Gasteiger partial charge in [-0.3, -0.25) is 4.79 Å². The van der Waals surface area contributed by atoms with Crippen molar-refractivity contribution in [3.8, 4) is 0 Å². The van der Waals surface area contributed by atoms with Crippen molar-refractivity contribution in [2.45, 2.75) is 50.6 Å². The monoisotopic (exact) mass is 553 g/mol. The molecule has 0 radical (unpaired) electrons. The highest BCUT2D eigenvalue weighted by molar-refractivity contribution is 5.98. The van der Waals surface area contributed by atoms with Crippen LogP contribution < -0.4 is 16.0 Å². The number of H-pyrrole nitrogens is 1. The second-order valence-electron chi connectivity index (χ2n) is 11.2. The van der Waals surface area contributed by atoms with Gasteiger partial charge in [-0.1, -0.05) is 43.3 Å². The molecule has 41 heavy (non-hydrogen) atoms. The maximum absolute atomic E-state index is 13.8. The maximum Gasteiger partial charge on any atom is 0.318 e. The third kappa shape index (κ3) is 5.84. The van der Waals surface area contributed by atoms with E-state index in [1.54, 1.807) is 4.90 Å². The second kappa shape index (κ2) is 11.7. The number of piperidine rings is 1. The molecule has 3 heterocycles. The fourth-order valence-corrected chi connectivity index (χ4v) is 6.22. The zero-order valence-corrected chi connectivity index (χ0v) is 23.3. The first-order valence-electron chi connectivity index (χ1n) is 14.5. The average Bonchev–Trinajstić information content (AvgIpc) is 3.44. The fraction of sp³-hybridized carbons (Fsp3) is 0.333. The predicted molar refractivity (Wildman–Crippen MR) is 159 cm³/mol. The maximum atomic E-state index is 13.8. The molecule has 1 aromatic heterocycles. The second-order valence-corrected chi connectivity index (χ2v) is 11.2. The number of carbonyl (C=O) groups is 2. The quantitative estimate of drug-likeness (QED) is 0.249. The predicted octanol–water partition coefficient (Wildman–Crippen LogP) is 5.65. The third-order valence-corrected chi connectivity index (χ3v) is 8.66. The van der Waals surface area contributed by atoms with Crippen LogP contribution >= 0.6 is 0 Å². The van der Waals surface area contributed by atoms with Crippen molar-refractivity contribution in [1.82, 2.24) is 20.5 Å². The highest BCUT2D eigenvalue weighted by Gasteiger charge is 2.32. The Morgan fingerprint density at radius 3 is 2.59 bits per heavy atom. The number of para-hydroxylation sites is 1. The number of likely N-dealkylation sites (tertiary alicyclic amines) is 1. The number of rotatable bonds is 6. The molecule has 2 aliphatic rings. The minimum absolute atomic E-state index is 0.244.